The highest BCUT2D eigenvalue weighted by atomic mass is 16.1. The van der Waals surface area contributed by atoms with Gasteiger partial charge in [0.1, 0.15) is 11.3 Å². The Morgan fingerprint density at radius 1 is 0.815 bits per heavy atom. The maximum atomic E-state index is 11.5. The smallest absolute Gasteiger partial charge is 0.258 e. The molecule has 6 nitrogen and oxygen atoms in total. The number of rotatable bonds is 1. The summed E-state index contributed by atoms with van der Waals surface area (Å²) in [6, 6.07) is 10.8. The second-order valence-electron chi connectivity index (χ2n) is 6.52. The Morgan fingerprint density at radius 2 is 1.44 bits per heavy atom. The predicted molar refractivity (Wildman–Crippen MR) is 107 cm³/mol. The topological polar surface area (TPSA) is 68.7 Å². The largest absolute Gasteiger partial charge is 0.269 e. The van der Waals surface area contributed by atoms with Gasteiger partial charge in [-0.1, -0.05) is 13.0 Å². The third-order valence-electron chi connectivity index (χ3n) is 4.20. The summed E-state index contributed by atoms with van der Waals surface area (Å²) in [5.74, 6) is 0. The highest BCUT2D eigenvalue weighted by Gasteiger charge is 1.99. The maximum Gasteiger partial charge on any atom is 0.258 e. The normalized spacial score (nSPS) is 10.7. The highest BCUT2D eigenvalue weighted by Crippen LogP contribution is 2.04. The van der Waals surface area contributed by atoms with Crippen LogP contribution in [-0.2, 0) is 6.42 Å². The second-order valence-corrected chi connectivity index (χ2v) is 6.52. The first-order valence-corrected chi connectivity index (χ1v) is 8.83. The van der Waals surface area contributed by atoms with E-state index < -0.39 is 0 Å². The number of nitrogens with zero attached hydrogens (tertiary/aromatic N) is 4. The van der Waals surface area contributed by atoms with Crippen LogP contribution in [0.1, 0.15) is 29.4 Å². The second kappa shape index (κ2) is 7.53. The monoisotopic (exact) mass is 362 g/mol. The van der Waals surface area contributed by atoms with Gasteiger partial charge in [-0.3, -0.25) is 18.4 Å². The van der Waals surface area contributed by atoms with E-state index in [1.807, 2.05) is 45.0 Å². The molecule has 0 aliphatic carbocycles. The SMILES string of the molecule is CCc1ccn2c(=O)cc(C)nc2c1.Cc1ccc2nc(C)cc(=O)n2c1. The lowest BCUT2D eigenvalue weighted by molar-refractivity contribution is 0.999. The molecular formula is C21H22N4O2. The summed E-state index contributed by atoms with van der Waals surface area (Å²) >= 11 is 0. The van der Waals surface area contributed by atoms with Gasteiger partial charge in [0.2, 0.25) is 0 Å². The van der Waals surface area contributed by atoms with Crippen molar-refractivity contribution in [1.82, 2.24) is 18.8 Å². The molecule has 0 saturated carbocycles. The molecule has 138 valence electrons. The van der Waals surface area contributed by atoms with Gasteiger partial charge in [0.25, 0.3) is 11.1 Å². The van der Waals surface area contributed by atoms with Gasteiger partial charge < -0.3 is 0 Å². The quantitative estimate of drug-likeness (QED) is 0.522. The van der Waals surface area contributed by atoms with Gasteiger partial charge in [0, 0.05) is 35.9 Å². The van der Waals surface area contributed by atoms with Crippen molar-refractivity contribution in [3.63, 3.8) is 0 Å². The fourth-order valence-corrected chi connectivity index (χ4v) is 2.81. The van der Waals surface area contributed by atoms with Crippen molar-refractivity contribution in [1.29, 1.82) is 0 Å². The highest BCUT2D eigenvalue weighted by molar-refractivity contribution is 5.41. The van der Waals surface area contributed by atoms with Crippen LogP contribution in [0.3, 0.4) is 0 Å². The number of hydrogen-bond donors (Lipinski definition) is 0. The average molecular weight is 362 g/mol. The molecule has 0 fully saturated rings. The van der Waals surface area contributed by atoms with Crippen LogP contribution in [0.4, 0.5) is 0 Å². The van der Waals surface area contributed by atoms with Crippen molar-refractivity contribution in [3.05, 3.63) is 92.0 Å². The molecule has 0 amide bonds. The first kappa shape index (κ1) is 18.5. The van der Waals surface area contributed by atoms with E-state index in [1.165, 1.54) is 11.6 Å². The molecule has 6 heteroatoms. The first-order chi connectivity index (χ1) is 12.9. The van der Waals surface area contributed by atoms with Gasteiger partial charge in [0.05, 0.1) is 0 Å². The van der Waals surface area contributed by atoms with Crippen LogP contribution < -0.4 is 11.1 Å². The predicted octanol–water partition coefficient (Wildman–Crippen LogP) is 2.88. The zero-order valence-corrected chi connectivity index (χ0v) is 15.9. The minimum Gasteiger partial charge on any atom is -0.269 e. The van der Waals surface area contributed by atoms with Crippen LogP contribution in [0.15, 0.2) is 58.4 Å². The number of aryl methyl sites for hydroxylation is 4. The lowest BCUT2D eigenvalue weighted by atomic mass is 10.2. The summed E-state index contributed by atoms with van der Waals surface area (Å²) in [7, 11) is 0. The van der Waals surface area contributed by atoms with E-state index in [4.69, 9.17) is 0 Å². The molecule has 4 aromatic heterocycles. The molecule has 0 saturated heterocycles. The van der Waals surface area contributed by atoms with Crippen LogP contribution in [0.2, 0.25) is 0 Å². The number of fused-ring (bicyclic) bond motifs is 2. The van der Waals surface area contributed by atoms with Crippen molar-refractivity contribution in [2.75, 3.05) is 0 Å². The van der Waals surface area contributed by atoms with E-state index in [0.717, 1.165) is 29.0 Å². The zero-order valence-electron chi connectivity index (χ0n) is 15.9. The molecule has 4 heterocycles. The van der Waals surface area contributed by atoms with E-state index >= 15 is 0 Å². The molecule has 0 aliphatic rings. The summed E-state index contributed by atoms with van der Waals surface area (Å²) in [5, 5.41) is 0. The molecule has 0 spiro atoms. The summed E-state index contributed by atoms with van der Waals surface area (Å²) < 4.78 is 3.12. The molecule has 4 aromatic rings. The fraction of sp³-hybridized carbons (Fsp3) is 0.238. The fourth-order valence-electron chi connectivity index (χ4n) is 2.81. The van der Waals surface area contributed by atoms with Gasteiger partial charge in [-0.15, -0.1) is 0 Å². The van der Waals surface area contributed by atoms with Gasteiger partial charge in [-0.2, -0.15) is 0 Å². The van der Waals surface area contributed by atoms with E-state index in [-0.39, 0.29) is 11.1 Å². The Labute approximate surface area is 156 Å². The first-order valence-electron chi connectivity index (χ1n) is 8.83. The van der Waals surface area contributed by atoms with E-state index in [9.17, 15) is 9.59 Å². The summed E-state index contributed by atoms with van der Waals surface area (Å²) in [4.78, 5) is 31.5. The van der Waals surface area contributed by atoms with Gasteiger partial charge >= 0.3 is 0 Å². The Bertz CT molecular complexity index is 1240. The Balaban J connectivity index is 0.000000156. The maximum absolute atomic E-state index is 11.5. The van der Waals surface area contributed by atoms with Crippen LogP contribution in [0, 0.1) is 20.8 Å². The van der Waals surface area contributed by atoms with E-state index in [2.05, 4.69) is 16.9 Å². The Kier molecular flexibility index (Phi) is 5.16. The van der Waals surface area contributed by atoms with Crippen molar-refractivity contribution in [3.8, 4) is 0 Å². The third-order valence-corrected chi connectivity index (χ3v) is 4.20. The molecule has 0 aromatic carbocycles. The van der Waals surface area contributed by atoms with Crippen molar-refractivity contribution in [2.24, 2.45) is 0 Å². The van der Waals surface area contributed by atoms with Crippen molar-refractivity contribution >= 4 is 11.3 Å². The molecule has 27 heavy (non-hydrogen) atoms. The number of hydrogen-bond acceptors (Lipinski definition) is 4. The molecule has 0 aliphatic heterocycles. The Hall–Kier alpha value is -3.28. The van der Waals surface area contributed by atoms with Crippen molar-refractivity contribution in [2.45, 2.75) is 34.1 Å². The number of aromatic nitrogens is 4. The molecular weight excluding hydrogens is 340 g/mol. The molecule has 0 unspecified atom stereocenters. The van der Waals surface area contributed by atoms with Crippen LogP contribution in [0.5, 0.6) is 0 Å². The molecule has 0 bridgehead atoms. The van der Waals surface area contributed by atoms with E-state index in [1.54, 1.807) is 27.3 Å². The lowest BCUT2D eigenvalue weighted by Crippen LogP contribution is -2.14. The zero-order chi connectivity index (χ0) is 19.6. The molecule has 0 N–H and O–H groups in total. The van der Waals surface area contributed by atoms with Crippen LogP contribution in [-0.4, -0.2) is 18.8 Å². The molecule has 4 rings (SSSR count). The van der Waals surface area contributed by atoms with Crippen LogP contribution >= 0.6 is 0 Å². The van der Waals surface area contributed by atoms with Crippen molar-refractivity contribution < 1.29 is 0 Å². The lowest BCUT2D eigenvalue weighted by Gasteiger charge is -2.02. The minimum atomic E-state index is -0.0220. The minimum absolute atomic E-state index is 0.0184. The Morgan fingerprint density at radius 3 is 2.11 bits per heavy atom. The van der Waals surface area contributed by atoms with Crippen LogP contribution in [0.25, 0.3) is 11.3 Å². The van der Waals surface area contributed by atoms with Gasteiger partial charge in [0.15, 0.2) is 0 Å². The number of pyridine rings is 2. The van der Waals surface area contributed by atoms with Gasteiger partial charge in [-0.05, 0) is 56.5 Å². The standard InChI is InChI=1S/C11H12N2O.C10H10N2O/c1-3-9-4-5-13-10(7-9)12-8(2)6-11(13)14;1-7-3-4-9-11-8(2)5-10(13)12(9)6-7/h4-7H,3H2,1-2H3;3-6H,1-2H3. The summed E-state index contributed by atoms with van der Waals surface area (Å²) in [6.07, 6.45) is 4.54. The molecule has 0 radical (unpaired) electrons. The summed E-state index contributed by atoms with van der Waals surface area (Å²) in [5.41, 5.74) is 5.17. The third kappa shape index (κ3) is 4.11. The van der Waals surface area contributed by atoms with E-state index in [0.29, 0.717) is 5.65 Å². The van der Waals surface area contributed by atoms with Gasteiger partial charge in [-0.25, -0.2) is 9.97 Å². The summed E-state index contributed by atoms with van der Waals surface area (Å²) in [6.45, 7) is 7.69. The molecule has 0 atom stereocenters. The average Bonchev–Trinajstić information content (AvgIpc) is 2.62.